The van der Waals surface area contributed by atoms with Crippen molar-refractivity contribution in [2.24, 2.45) is 5.73 Å². The molecule has 0 aromatic carbocycles. The maximum absolute atomic E-state index is 11.7. The summed E-state index contributed by atoms with van der Waals surface area (Å²) in [7, 11) is 1.40. The number of amides is 2. The molecule has 100 valence electrons. The average Bonchev–Trinajstić information content (AvgIpc) is 2.16. The van der Waals surface area contributed by atoms with Gasteiger partial charge in [0.05, 0.1) is 0 Å². The van der Waals surface area contributed by atoms with Gasteiger partial charge in [0.2, 0.25) is 5.91 Å². The van der Waals surface area contributed by atoms with Crippen LogP contribution >= 0.6 is 0 Å². The third-order valence-corrected chi connectivity index (χ3v) is 2.04. The second-order valence-corrected chi connectivity index (χ2v) is 4.93. The van der Waals surface area contributed by atoms with Crippen molar-refractivity contribution in [2.45, 2.75) is 45.4 Å². The van der Waals surface area contributed by atoms with E-state index in [4.69, 9.17) is 10.5 Å². The van der Waals surface area contributed by atoms with Crippen LogP contribution in [0.4, 0.5) is 0 Å². The van der Waals surface area contributed by atoms with Crippen molar-refractivity contribution < 1.29 is 14.3 Å². The number of rotatable bonds is 5. The van der Waals surface area contributed by atoms with Crippen LogP contribution in [0.15, 0.2) is 0 Å². The van der Waals surface area contributed by atoms with Crippen LogP contribution in [0.3, 0.4) is 0 Å². The molecule has 0 heterocycles. The Morgan fingerprint density at radius 2 is 1.82 bits per heavy atom. The Balaban J connectivity index is 4.30. The molecule has 0 aromatic rings. The van der Waals surface area contributed by atoms with Crippen molar-refractivity contribution >= 4 is 11.8 Å². The number of hydrogen-bond donors (Lipinski definition) is 3. The Morgan fingerprint density at radius 3 is 2.18 bits per heavy atom. The number of ether oxygens (including phenoxy) is 1. The van der Waals surface area contributed by atoms with Crippen molar-refractivity contribution in [1.82, 2.24) is 10.6 Å². The lowest BCUT2D eigenvalue weighted by molar-refractivity contribution is -0.135. The van der Waals surface area contributed by atoms with E-state index in [0.717, 1.165) is 0 Å². The van der Waals surface area contributed by atoms with Gasteiger partial charge in [-0.25, -0.2) is 0 Å². The van der Waals surface area contributed by atoms with Gasteiger partial charge in [0.1, 0.15) is 12.1 Å². The minimum absolute atomic E-state index is 0.0793. The second kappa shape index (κ2) is 6.56. The van der Waals surface area contributed by atoms with Crippen LogP contribution in [-0.4, -0.2) is 43.2 Å². The highest BCUT2D eigenvalue weighted by Crippen LogP contribution is 1.99. The molecule has 0 aliphatic rings. The summed E-state index contributed by atoms with van der Waals surface area (Å²) >= 11 is 0. The molecule has 0 rings (SSSR count). The molecule has 17 heavy (non-hydrogen) atoms. The average molecular weight is 245 g/mol. The molecule has 0 aliphatic heterocycles. The molecule has 0 aromatic heterocycles. The van der Waals surface area contributed by atoms with Gasteiger partial charge in [-0.1, -0.05) is 0 Å². The van der Waals surface area contributed by atoms with Crippen molar-refractivity contribution in [3.8, 4) is 0 Å². The highest BCUT2D eigenvalue weighted by atomic mass is 16.5. The summed E-state index contributed by atoms with van der Waals surface area (Å²) in [4.78, 5) is 23.3. The van der Waals surface area contributed by atoms with E-state index in [0.29, 0.717) is 0 Å². The SMILES string of the molecule is COC(CN)C(=O)NC(C)C(=O)NC(C)(C)C. The predicted octanol–water partition coefficient (Wildman–Crippen LogP) is -0.620. The van der Waals surface area contributed by atoms with Gasteiger partial charge in [-0.3, -0.25) is 9.59 Å². The molecular formula is C11H23N3O3. The molecular weight excluding hydrogens is 222 g/mol. The summed E-state index contributed by atoms with van der Waals surface area (Å²) in [5.74, 6) is -0.621. The number of carbonyl (C=O) groups is 2. The molecule has 2 atom stereocenters. The van der Waals surface area contributed by atoms with Gasteiger partial charge >= 0.3 is 0 Å². The van der Waals surface area contributed by atoms with E-state index >= 15 is 0 Å². The third kappa shape index (κ3) is 6.23. The highest BCUT2D eigenvalue weighted by molar-refractivity contribution is 5.89. The molecule has 0 saturated heterocycles. The Kier molecular flexibility index (Phi) is 6.12. The lowest BCUT2D eigenvalue weighted by Gasteiger charge is -2.24. The second-order valence-electron chi connectivity index (χ2n) is 4.93. The summed E-state index contributed by atoms with van der Waals surface area (Å²) in [6.45, 7) is 7.31. The van der Waals surface area contributed by atoms with Gasteiger partial charge in [0.15, 0.2) is 0 Å². The van der Waals surface area contributed by atoms with Gasteiger partial charge in [-0.05, 0) is 27.7 Å². The Morgan fingerprint density at radius 1 is 1.29 bits per heavy atom. The number of nitrogens with one attached hydrogen (secondary N) is 2. The number of carbonyl (C=O) groups excluding carboxylic acids is 2. The Bertz CT molecular complexity index is 270. The van der Waals surface area contributed by atoms with Gasteiger partial charge in [-0.2, -0.15) is 0 Å². The van der Waals surface area contributed by atoms with E-state index in [1.165, 1.54) is 7.11 Å². The van der Waals surface area contributed by atoms with E-state index in [1.54, 1.807) is 6.92 Å². The van der Waals surface area contributed by atoms with Crippen molar-refractivity contribution in [3.63, 3.8) is 0 Å². The molecule has 0 bridgehead atoms. The van der Waals surface area contributed by atoms with E-state index in [1.807, 2.05) is 20.8 Å². The summed E-state index contributed by atoms with van der Waals surface area (Å²) in [5, 5.41) is 5.32. The molecule has 0 saturated carbocycles. The zero-order valence-corrected chi connectivity index (χ0v) is 11.2. The normalized spacial score (nSPS) is 14.9. The molecule has 0 fully saturated rings. The first kappa shape index (κ1) is 15.9. The molecule has 0 spiro atoms. The third-order valence-electron chi connectivity index (χ3n) is 2.04. The van der Waals surface area contributed by atoms with Crippen LogP contribution in [0, 0.1) is 0 Å². The molecule has 0 radical (unpaired) electrons. The predicted molar refractivity (Wildman–Crippen MR) is 65.4 cm³/mol. The fourth-order valence-corrected chi connectivity index (χ4v) is 1.16. The molecule has 0 aliphatic carbocycles. The first-order valence-electron chi connectivity index (χ1n) is 5.56. The summed E-state index contributed by atoms with van der Waals surface area (Å²) in [5.41, 5.74) is 5.02. The van der Waals surface area contributed by atoms with Crippen LogP contribution in [0.1, 0.15) is 27.7 Å². The summed E-state index contributed by atoms with van der Waals surface area (Å²) in [6, 6.07) is -0.620. The maximum Gasteiger partial charge on any atom is 0.251 e. The monoisotopic (exact) mass is 245 g/mol. The first-order chi connectivity index (χ1) is 7.71. The number of nitrogens with two attached hydrogens (primary N) is 1. The Hall–Kier alpha value is -1.14. The van der Waals surface area contributed by atoms with Crippen LogP contribution < -0.4 is 16.4 Å². The lowest BCUT2D eigenvalue weighted by Crippen LogP contribution is -2.53. The molecule has 6 nitrogen and oxygen atoms in total. The van der Waals surface area contributed by atoms with Gasteiger partial charge < -0.3 is 21.1 Å². The zero-order chi connectivity index (χ0) is 13.6. The van der Waals surface area contributed by atoms with Crippen molar-refractivity contribution in [3.05, 3.63) is 0 Å². The fraction of sp³-hybridized carbons (Fsp3) is 0.818. The van der Waals surface area contributed by atoms with Crippen LogP contribution in [-0.2, 0) is 14.3 Å². The van der Waals surface area contributed by atoms with Crippen molar-refractivity contribution in [2.75, 3.05) is 13.7 Å². The molecule has 2 amide bonds. The first-order valence-corrected chi connectivity index (χ1v) is 5.56. The summed E-state index contributed by atoms with van der Waals surface area (Å²) < 4.78 is 4.87. The van der Waals surface area contributed by atoms with Gasteiger partial charge in [-0.15, -0.1) is 0 Å². The summed E-state index contributed by atoms with van der Waals surface area (Å²) in [6.07, 6.45) is -0.722. The maximum atomic E-state index is 11.7. The zero-order valence-electron chi connectivity index (χ0n) is 11.2. The quantitative estimate of drug-likeness (QED) is 0.602. The minimum atomic E-state index is -0.722. The van der Waals surface area contributed by atoms with Crippen LogP contribution in [0.25, 0.3) is 0 Å². The molecule has 4 N–H and O–H groups in total. The van der Waals surface area contributed by atoms with E-state index in [9.17, 15) is 9.59 Å². The van der Waals surface area contributed by atoms with E-state index in [2.05, 4.69) is 10.6 Å². The topological polar surface area (TPSA) is 93.4 Å². The Labute approximate surface area is 102 Å². The standard InChI is InChI=1S/C11H23N3O3/c1-7(9(15)14-11(2,3)4)13-10(16)8(6-12)17-5/h7-8H,6,12H2,1-5H3,(H,13,16)(H,14,15). The van der Waals surface area contributed by atoms with Crippen LogP contribution in [0.5, 0.6) is 0 Å². The molecule has 2 unspecified atom stereocenters. The van der Waals surface area contributed by atoms with Gasteiger partial charge in [0, 0.05) is 19.2 Å². The van der Waals surface area contributed by atoms with E-state index < -0.39 is 12.1 Å². The number of methoxy groups -OCH3 is 1. The highest BCUT2D eigenvalue weighted by Gasteiger charge is 2.23. The van der Waals surface area contributed by atoms with E-state index in [-0.39, 0.29) is 23.9 Å². The lowest BCUT2D eigenvalue weighted by atomic mass is 10.1. The fourth-order valence-electron chi connectivity index (χ4n) is 1.16. The smallest absolute Gasteiger partial charge is 0.251 e. The largest absolute Gasteiger partial charge is 0.370 e. The number of hydrogen-bond acceptors (Lipinski definition) is 4. The van der Waals surface area contributed by atoms with Crippen LogP contribution in [0.2, 0.25) is 0 Å². The van der Waals surface area contributed by atoms with Crippen molar-refractivity contribution in [1.29, 1.82) is 0 Å². The van der Waals surface area contributed by atoms with Gasteiger partial charge in [0.25, 0.3) is 5.91 Å². The molecule has 6 heteroatoms. The minimum Gasteiger partial charge on any atom is -0.370 e.